The minimum Gasteiger partial charge on any atom is -0.385 e. The maximum Gasteiger partial charge on any atom is 0.381 e. The molecule has 1 aliphatic rings. The summed E-state index contributed by atoms with van der Waals surface area (Å²) in [6, 6.07) is 4.99. The van der Waals surface area contributed by atoms with Gasteiger partial charge in [-0.05, 0) is 41.1 Å². The molecule has 0 spiro atoms. The van der Waals surface area contributed by atoms with Gasteiger partial charge in [0, 0.05) is 9.99 Å². The van der Waals surface area contributed by atoms with Gasteiger partial charge in [0.15, 0.2) is 0 Å². The minimum atomic E-state index is -6.64. The topological polar surface area (TPSA) is 20.2 Å². The first-order chi connectivity index (χ1) is 11.0. The number of aliphatic hydroxyl groups is 1. The second-order valence-electron chi connectivity index (χ2n) is 6.03. The number of hydrogen-bond acceptors (Lipinski definition) is 1. The zero-order valence-electron chi connectivity index (χ0n) is 12.2. The van der Waals surface area contributed by atoms with E-state index in [1.54, 1.807) is 22.6 Å². The van der Waals surface area contributed by atoms with Crippen LogP contribution in [0.25, 0.3) is 0 Å². The second-order valence-corrected chi connectivity index (χ2v) is 7.19. The second kappa shape index (κ2) is 5.40. The molecule has 0 aromatic heterocycles. The standard InChI is InChI=1S/C14H10F9IO/c1-9(25,7-4-2-3-5-8(7)24)6-10(15)11(16,17)13(20,21)14(22,23)12(10,18)19/h2-5,25H,6H2,1H3. The van der Waals surface area contributed by atoms with Crippen LogP contribution < -0.4 is 0 Å². The number of alkyl halides is 9. The van der Waals surface area contributed by atoms with Crippen molar-refractivity contribution in [2.75, 3.05) is 0 Å². The largest absolute Gasteiger partial charge is 0.385 e. The predicted octanol–water partition coefficient (Wildman–Crippen LogP) is 5.15. The Morgan fingerprint density at radius 3 is 1.64 bits per heavy atom. The van der Waals surface area contributed by atoms with Crippen LogP contribution in [0.2, 0.25) is 0 Å². The van der Waals surface area contributed by atoms with Crippen LogP contribution in [0, 0.1) is 3.57 Å². The molecule has 1 aromatic rings. The van der Waals surface area contributed by atoms with Gasteiger partial charge < -0.3 is 5.11 Å². The third kappa shape index (κ3) is 2.33. The minimum absolute atomic E-state index is 0.108. The first kappa shape index (κ1) is 20.6. The van der Waals surface area contributed by atoms with Gasteiger partial charge in [-0.1, -0.05) is 18.2 Å². The summed E-state index contributed by atoms with van der Waals surface area (Å²) in [5.41, 5.74) is -8.89. The zero-order valence-corrected chi connectivity index (χ0v) is 14.4. The number of benzene rings is 1. The summed E-state index contributed by atoms with van der Waals surface area (Å²) in [6.07, 6.45) is -2.37. The van der Waals surface area contributed by atoms with Crippen LogP contribution >= 0.6 is 22.6 Å². The summed E-state index contributed by atoms with van der Waals surface area (Å²) in [6.45, 7) is 0.604. The Hall–Kier alpha value is -0.720. The summed E-state index contributed by atoms with van der Waals surface area (Å²) in [5, 5.41) is 10.2. The Labute approximate surface area is 149 Å². The van der Waals surface area contributed by atoms with Crippen molar-refractivity contribution in [3.05, 3.63) is 33.4 Å². The van der Waals surface area contributed by atoms with Gasteiger partial charge >= 0.3 is 23.7 Å². The van der Waals surface area contributed by atoms with Crippen molar-refractivity contribution in [3.8, 4) is 0 Å². The van der Waals surface area contributed by atoms with Crippen molar-refractivity contribution in [3.63, 3.8) is 0 Å². The molecular formula is C14H10F9IO. The fraction of sp³-hybridized carbons (Fsp3) is 0.571. The van der Waals surface area contributed by atoms with Gasteiger partial charge in [0.1, 0.15) is 0 Å². The van der Waals surface area contributed by atoms with Crippen molar-refractivity contribution in [1.82, 2.24) is 0 Å². The molecule has 1 N–H and O–H groups in total. The molecule has 0 radical (unpaired) electrons. The van der Waals surface area contributed by atoms with Gasteiger partial charge in [0.05, 0.1) is 5.60 Å². The maximum atomic E-state index is 14.5. The summed E-state index contributed by atoms with van der Waals surface area (Å²) >= 11 is 1.55. The van der Waals surface area contributed by atoms with Crippen LogP contribution in [0.3, 0.4) is 0 Å². The van der Waals surface area contributed by atoms with Crippen molar-refractivity contribution in [2.45, 2.75) is 48.3 Å². The van der Waals surface area contributed by atoms with Crippen LogP contribution in [0.5, 0.6) is 0 Å². The highest BCUT2D eigenvalue weighted by molar-refractivity contribution is 14.1. The molecular weight excluding hydrogens is 482 g/mol. The first-order valence-corrected chi connectivity index (χ1v) is 7.73. The van der Waals surface area contributed by atoms with Crippen molar-refractivity contribution >= 4 is 22.6 Å². The smallest absolute Gasteiger partial charge is 0.381 e. The van der Waals surface area contributed by atoms with Crippen LogP contribution in [0.15, 0.2) is 24.3 Å². The Kier molecular flexibility index (Phi) is 4.44. The van der Waals surface area contributed by atoms with E-state index in [-0.39, 0.29) is 9.13 Å². The van der Waals surface area contributed by atoms with Crippen LogP contribution in [0.4, 0.5) is 39.5 Å². The van der Waals surface area contributed by atoms with Gasteiger partial charge in [-0.3, -0.25) is 0 Å². The van der Waals surface area contributed by atoms with Gasteiger partial charge in [-0.25, -0.2) is 4.39 Å². The molecule has 2 rings (SSSR count). The number of hydrogen-bond donors (Lipinski definition) is 1. The highest BCUT2D eigenvalue weighted by Crippen LogP contribution is 2.70. The van der Waals surface area contributed by atoms with E-state index in [1.165, 1.54) is 18.2 Å². The first-order valence-electron chi connectivity index (χ1n) is 6.65. The molecule has 0 bridgehead atoms. The molecule has 1 unspecified atom stereocenters. The van der Waals surface area contributed by atoms with E-state index in [0.717, 1.165) is 6.07 Å². The molecule has 1 nitrogen and oxygen atoms in total. The third-order valence-corrected chi connectivity index (χ3v) is 5.16. The Morgan fingerprint density at radius 2 is 1.24 bits per heavy atom. The lowest BCUT2D eigenvalue weighted by atomic mass is 9.80. The van der Waals surface area contributed by atoms with E-state index in [9.17, 15) is 44.6 Å². The highest BCUT2D eigenvalue weighted by atomic mass is 127. The lowest BCUT2D eigenvalue weighted by Crippen LogP contribution is -2.57. The summed E-state index contributed by atoms with van der Waals surface area (Å²) in [7, 11) is 0. The molecule has 142 valence electrons. The van der Waals surface area contributed by atoms with E-state index >= 15 is 0 Å². The maximum absolute atomic E-state index is 14.5. The predicted molar refractivity (Wildman–Crippen MR) is 77.0 cm³/mol. The lowest BCUT2D eigenvalue weighted by Gasteiger charge is -2.37. The summed E-state index contributed by atoms with van der Waals surface area (Å²) in [5.74, 6) is -26.1. The molecule has 1 atom stereocenters. The summed E-state index contributed by atoms with van der Waals surface area (Å²) < 4.78 is 122. The highest BCUT2D eigenvalue weighted by Gasteiger charge is 3.00. The van der Waals surface area contributed by atoms with E-state index < -0.39 is 41.4 Å². The normalized spacial score (nSPS) is 27.7. The van der Waals surface area contributed by atoms with Crippen LogP contribution in [-0.2, 0) is 5.60 Å². The van der Waals surface area contributed by atoms with Crippen LogP contribution in [-0.4, -0.2) is 34.5 Å². The molecule has 25 heavy (non-hydrogen) atoms. The molecule has 0 aliphatic heterocycles. The molecule has 0 saturated heterocycles. The molecule has 0 heterocycles. The van der Waals surface area contributed by atoms with E-state index in [4.69, 9.17) is 0 Å². The van der Waals surface area contributed by atoms with Gasteiger partial charge in [0.25, 0.3) is 5.67 Å². The molecule has 1 saturated carbocycles. The van der Waals surface area contributed by atoms with Crippen LogP contribution in [0.1, 0.15) is 18.9 Å². The van der Waals surface area contributed by atoms with Crippen molar-refractivity contribution in [2.24, 2.45) is 0 Å². The van der Waals surface area contributed by atoms with E-state index in [0.29, 0.717) is 6.92 Å². The molecule has 0 amide bonds. The number of halogens is 10. The Bertz CT molecular complexity index is 661. The van der Waals surface area contributed by atoms with Crippen molar-refractivity contribution < 1.29 is 44.6 Å². The van der Waals surface area contributed by atoms with Crippen molar-refractivity contribution in [1.29, 1.82) is 0 Å². The fourth-order valence-corrected chi connectivity index (χ4v) is 3.75. The fourth-order valence-electron chi connectivity index (χ4n) is 2.78. The summed E-state index contributed by atoms with van der Waals surface area (Å²) in [4.78, 5) is 0. The third-order valence-electron chi connectivity index (χ3n) is 4.22. The van der Waals surface area contributed by atoms with Gasteiger partial charge in [-0.15, -0.1) is 0 Å². The number of rotatable bonds is 3. The molecule has 1 aromatic carbocycles. The monoisotopic (exact) mass is 492 g/mol. The molecule has 11 heteroatoms. The lowest BCUT2D eigenvalue weighted by molar-refractivity contribution is -0.303. The Balaban J connectivity index is 2.63. The SMILES string of the molecule is CC(O)(CC1(F)C(F)(F)C(F)(F)C(F)(F)C1(F)F)c1ccccc1I. The Morgan fingerprint density at radius 1 is 0.840 bits per heavy atom. The van der Waals surface area contributed by atoms with Gasteiger partial charge in [0.2, 0.25) is 0 Å². The van der Waals surface area contributed by atoms with E-state index in [1.807, 2.05) is 0 Å². The quantitative estimate of drug-likeness (QED) is 0.458. The molecule has 1 aliphatic carbocycles. The average Bonchev–Trinajstić information content (AvgIpc) is 2.49. The van der Waals surface area contributed by atoms with E-state index in [2.05, 4.69) is 0 Å². The average molecular weight is 492 g/mol. The van der Waals surface area contributed by atoms with Gasteiger partial charge in [-0.2, -0.15) is 35.1 Å². The molecule has 1 fully saturated rings. The zero-order chi connectivity index (χ0) is 19.7.